The fourth-order valence-electron chi connectivity index (χ4n) is 4.66. The molecule has 3 aromatic carbocycles. The molecule has 0 bridgehead atoms. The molecule has 0 saturated heterocycles. The number of benzene rings is 3. The van der Waals surface area contributed by atoms with Gasteiger partial charge in [-0.2, -0.15) is 0 Å². The Kier molecular flexibility index (Phi) is 6.52. The minimum atomic E-state index is -0.688. The van der Waals surface area contributed by atoms with E-state index < -0.39 is 6.04 Å². The first-order valence-electron chi connectivity index (χ1n) is 11.9. The van der Waals surface area contributed by atoms with Gasteiger partial charge in [-0.1, -0.05) is 60.2 Å². The number of ether oxygens (including phenoxy) is 2. The number of aryl methyl sites for hydroxylation is 2. The van der Waals surface area contributed by atoms with Gasteiger partial charge < -0.3 is 18.8 Å². The van der Waals surface area contributed by atoms with Crippen LogP contribution in [0, 0.1) is 13.8 Å². The number of nitrogens with zero attached hydrogens (tertiary/aromatic N) is 1. The Morgan fingerprint density at radius 2 is 1.81 bits per heavy atom. The van der Waals surface area contributed by atoms with E-state index in [0.29, 0.717) is 46.2 Å². The van der Waals surface area contributed by atoms with Crippen molar-refractivity contribution in [1.29, 1.82) is 0 Å². The molecule has 1 aromatic heterocycles. The van der Waals surface area contributed by atoms with Crippen molar-refractivity contribution in [2.24, 2.45) is 0 Å². The summed E-state index contributed by atoms with van der Waals surface area (Å²) in [5.41, 5.74) is 3.85. The second-order valence-electron chi connectivity index (χ2n) is 9.10. The lowest BCUT2D eigenvalue weighted by Crippen LogP contribution is -2.29. The molecule has 1 amide bonds. The standard InChI is InChI=1S/C30H26ClNO5/c1-5-12-36-23-11-10-20(14-25(23)35-4)27-26-28(33)21-15-22(31)18(3)13-24(21)37-29(26)30(34)32(27)16-19-8-6-17(2)7-9-19/h5-11,13-15,27H,1,12,16H2,2-4H3. The van der Waals surface area contributed by atoms with E-state index in [1.54, 1.807) is 42.4 Å². The molecule has 0 aliphatic carbocycles. The van der Waals surface area contributed by atoms with Crippen molar-refractivity contribution in [3.63, 3.8) is 0 Å². The predicted molar refractivity (Wildman–Crippen MR) is 144 cm³/mol. The van der Waals surface area contributed by atoms with E-state index in [9.17, 15) is 9.59 Å². The largest absolute Gasteiger partial charge is 0.493 e. The maximum absolute atomic E-state index is 13.9. The van der Waals surface area contributed by atoms with Crippen molar-refractivity contribution in [2.75, 3.05) is 13.7 Å². The van der Waals surface area contributed by atoms with E-state index in [1.807, 2.05) is 44.2 Å². The second-order valence-corrected chi connectivity index (χ2v) is 9.51. The van der Waals surface area contributed by atoms with Crippen LogP contribution >= 0.6 is 11.6 Å². The third kappa shape index (κ3) is 4.38. The van der Waals surface area contributed by atoms with Crippen LogP contribution in [0.2, 0.25) is 5.02 Å². The molecule has 37 heavy (non-hydrogen) atoms. The zero-order valence-corrected chi connectivity index (χ0v) is 21.6. The number of carbonyl (C=O) groups excluding carboxylic acids is 1. The maximum Gasteiger partial charge on any atom is 0.291 e. The summed E-state index contributed by atoms with van der Waals surface area (Å²) < 4.78 is 17.4. The average molecular weight is 516 g/mol. The van der Waals surface area contributed by atoms with E-state index in [0.717, 1.165) is 16.7 Å². The van der Waals surface area contributed by atoms with Gasteiger partial charge in [0.1, 0.15) is 12.2 Å². The van der Waals surface area contributed by atoms with Crippen LogP contribution in [-0.4, -0.2) is 24.5 Å². The van der Waals surface area contributed by atoms with E-state index in [1.165, 1.54) is 0 Å². The highest BCUT2D eigenvalue weighted by atomic mass is 35.5. The molecule has 0 N–H and O–H groups in total. The number of hydrogen-bond acceptors (Lipinski definition) is 5. The highest BCUT2D eigenvalue weighted by Crippen LogP contribution is 2.42. The molecule has 1 atom stereocenters. The van der Waals surface area contributed by atoms with Gasteiger partial charge in [-0.25, -0.2) is 0 Å². The van der Waals surface area contributed by atoms with Gasteiger partial charge in [-0.05, 0) is 54.8 Å². The van der Waals surface area contributed by atoms with Crippen molar-refractivity contribution < 1.29 is 18.7 Å². The number of methoxy groups -OCH3 is 1. The molecule has 0 radical (unpaired) electrons. The SMILES string of the molecule is C=CCOc1ccc(C2c3c(oc4cc(C)c(Cl)cc4c3=O)C(=O)N2Cc2ccc(C)cc2)cc1OC. The van der Waals surface area contributed by atoms with Crippen molar-refractivity contribution in [3.8, 4) is 11.5 Å². The van der Waals surface area contributed by atoms with Gasteiger partial charge in [0.2, 0.25) is 5.76 Å². The number of hydrogen-bond donors (Lipinski definition) is 0. The zero-order chi connectivity index (χ0) is 26.3. The third-order valence-electron chi connectivity index (χ3n) is 6.58. The lowest BCUT2D eigenvalue weighted by Gasteiger charge is -2.26. The van der Waals surface area contributed by atoms with E-state index in [4.69, 9.17) is 25.5 Å². The van der Waals surface area contributed by atoms with Gasteiger partial charge in [-0.3, -0.25) is 9.59 Å². The van der Waals surface area contributed by atoms with Gasteiger partial charge in [0, 0.05) is 11.6 Å². The van der Waals surface area contributed by atoms with Crippen molar-refractivity contribution in [1.82, 2.24) is 4.90 Å². The van der Waals surface area contributed by atoms with Crippen LogP contribution in [0.1, 0.15) is 44.4 Å². The Hall–Kier alpha value is -4.03. The Morgan fingerprint density at radius 1 is 1.05 bits per heavy atom. The van der Waals surface area contributed by atoms with Crippen LogP contribution in [0.3, 0.4) is 0 Å². The van der Waals surface area contributed by atoms with Gasteiger partial charge in [0.15, 0.2) is 16.9 Å². The number of fused-ring (bicyclic) bond motifs is 2. The van der Waals surface area contributed by atoms with Crippen LogP contribution in [0.15, 0.2) is 76.5 Å². The molecule has 2 heterocycles. The van der Waals surface area contributed by atoms with Crippen LogP contribution in [0.25, 0.3) is 11.0 Å². The summed E-state index contributed by atoms with van der Waals surface area (Å²) in [7, 11) is 1.55. The highest BCUT2D eigenvalue weighted by molar-refractivity contribution is 6.32. The molecule has 0 fully saturated rings. The lowest BCUT2D eigenvalue weighted by molar-refractivity contribution is 0.0714. The van der Waals surface area contributed by atoms with E-state index >= 15 is 0 Å². The fourth-order valence-corrected chi connectivity index (χ4v) is 4.83. The molecule has 188 valence electrons. The summed E-state index contributed by atoms with van der Waals surface area (Å²) in [6.07, 6.45) is 1.64. The monoisotopic (exact) mass is 515 g/mol. The second kappa shape index (κ2) is 9.79. The summed E-state index contributed by atoms with van der Waals surface area (Å²) in [6.45, 7) is 8.12. The normalized spacial score (nSPS) is 14.6. The van der Waals surface area contributed by atoms with E-state index in [2.05, 4.69) is 6.58 Å². The average Bonchev–Trinajstić information content (AvgIpc) is 3.16. The first-order chi connectivity index (χ1) is 17.8. The summed E-state index contributed by atoms with van der Waals surface area (Å²) in [4.78, 5) is 29.3. The molecular weight excluding hydrogens is 490 g/mol. The molecule has 1 unspecified atom stereocenters. The maximum atomic E-state index is 13.9. The summed E-state index contributed by atoms with van der Waals surface area (Å²) in [6, 6.07) is 16.0. The first-order valence-corrected chi connectivity index (χ1v) is 12.2. The Balaban J connectivity index is 1.71. The molecule has 4 aromatic rings. The topological polar surface area (TPSA) is 69.0 Å². The minimum Gasteiger partial charge on any atom is -0.493 e. The van der Waals surface area contributed by atoms with Crippen LogP contribution in [-0.2, 0) is 6.54 Å². The molecule has 1 aliphatic rings. The smallest absolute Gasteiger partial charge is 0.291 e. The van der Waals surface area contributed by atoms with Gasteiger partial charge in [-0.15, -0.1) is 0 Å². The van der Waals surface area contributed by atoms with Gasteiger partial charge >= 0.3 is 0 Å². The van der Waals surface area contributed by atoms with Gasteiger partial charge in [0.25, 0.3) is 5.91 Å². The van der Waals surface area contributed by atoms with Crippen LogP contribution in [0.5, 0.6) is 11.5 Å². The third-order valence-corrected chi connectivity index (χ3v) is 6.99. The Bertz CT molecular complexity index is 1590. The Labute approximate surface area is 219 Å². The number of halogens is 1. The highest BCUT2D eigenvalue weighted by Gasteiger charge is 2.43. The molecular formula is C30H26ClNO5. The number of amides is 1. The molecule has 1 aliphatic heterocycles. The first kappa shape index (κ1) is 24.7. The minimum absolute atomic E-state index is 0.0438. The van der Waals surface area contributed by atoms with Crippen LogP contribution < -0.4 is 14.9 Å². The number of carbonyl (C=O) groups is 1. The Morgan fingerprint density at radius 3 is 2.51 bits per heavy atom. The molecule has 6 nitrogen and oxygen atoms in total. The van der Waals surface area contributed by atoms with Crippen molar-refractivity contribution in [2.45, 2.75) is 26.4 Å². The number of rotatable bonds is 7. The summed E-state index contributed by atoms with van der Waals surface area (Å²) >= 11 is 6.34. The predicted octanol–water partition coefficient (Wildman–Crippen LogP) is 6.38. The van der Waals surface area contributed by atoms with Crippen molar-refractivity contribution >= 4 is 28.5 Å². The fraction of sp³-hybridized carbons (Fsp3) is 0.200. The summed E-state index contributed by atoms with van der Waals surface area (Å²) in [5, 5.41) is 0.796. The molecule has 5 rings (SSSR count). The molecule has 0 saturated carbocycles. The van der Waals surface area contributed by atoms with E-state index in [-0.39, 0.29) is 22.7 Å². The summed E-state index contributed by atoms with van der Waals surface area (Å²) in [5.74, 6) is 0.716. The molecule has 0 spiro atoms. The quantitative estimate of drug-likeness (QED) is 0.267. The zero-order valence-electron chi connectivity index (χ0n) is 20.8. The van der Waals surface area contributed by atoms with Gasteiger partial charge in [0.05, 0.1) is 24.1 Å². The molecule has 7 heteroatoms. The van der Waals surface area contributed by atoms with Crippen molar-refractivity contribution in [3.05, 3.63) is 116 Å². The van der Waals surface area contributed by atoms with Crippen LogP contribution in [0.4, 0.5) is 0 Å². The lowest BCUT2D eigenvalue weighted by atomic mass is 9.97.